The SMILES string of the molecule is COc1cc(C2CCN(C(=O)OC(C)(C)C)CC2)ccc1N(C)c1cc2c(cn1)ncn2C. The van der Waals surface area contributed by atoms with Crippen LogP contribution in [0.25, 0.3) is 11.0 Å². The minimum absolute atomic E-state index is 0.228. The molecule has 0 atom stereocenters. The van der Waals surface area contributed by atoms with Gasteiger partial charge in [0.15, 0.2) is 0 Å². The zero-order valence-electron chi connectivity index (χ0n) is 20.3. The molecule has 33 heavy (non-hydrogen) atoms. The van der Waals surface area contributed by atoms with Crippen LogP contribution >= 0.6 is 0 Å². The van der Waals surface area contributed by atoms with Gasteiger partial charge in [-0.05, 0) is 57.2 Å². The lowest BCUT2D eigenvalue weighted by atomic mass is 9.89. The molecule has 0 saturated carbocycles. The van der Waals surface area contributed by atoms with Crippen LogP contribution in [0.15, 0.2) is 36.8 Å². The summed E-state index contributed by atoms with van der Waals surface area (Å²) in [7, 11) is 5.66. The van der Waals surface area contributed by atoms with E-state index in [0.717, 1.165) is 41.1 Å². The number of imidazole rings is 1. The number of benzene rings is 1. The van der Waals surface area contributed by atoms with E-state index in [1.54, 1.807) is 24.5 Å². The van der Waals surface area contributed by atoms with Gasteiger partial charge < -0.3 is 23.8 Å². The van der Waals surface area contributed by atoms with Gasteiger partial charge in [-0.15, -0.1) is 0 Å². The molecule has 1 saturated heterocycles. The van der Waals surface area contributed by atoms with E-state index < -0.39 is 5.60 Å². The van der Waals surface area contributed by atoms with Crippen molar-refractivity contribution in [2.75, 3.05) is 32.1 Å². The summed E-state index contributed by atoms with van der Waals surface area (Å²) in [6.07, 6.45) is 5.15. The first-order valence-electron chi connectivity index (χ1n) is 11.3. The lowest BCUT2D eigenvalue weighted by Gasteiger charge is -2.34. The maximum absolute atomic E-state index is 12.4. The van der Waals surface area contributed by atoms with Crippen molar-refractivity contribution in [3.05, 3.63) is 42.4 Å². The van der Waals surface area contributed by atoms with Crippen molar-refractivity contribution in [2.45, 2.75) is 45.1 Å². The van der Waals surface area contributed by atoms with Crippen LogP contribution in [0.2, 0.25) is 0 Å². The highest BCUT2D eigenvalue weighted by molar-refractivity contribution is 5.79. The number of nitrogens with zero attached hydrogens (tertiary/aromatic N) is 5. The minimum atomic E-state index is -0.473. The highest BCUT2D eigenvalue weighted by Crippen LogP contribution is 2.37. The number of hydrogen-bond acceptors (Lipinski definition) is 6. The van der Waals surface area contributed by atoms with Crippen LogP contribution in [0.4, 0.5) is 16.3 Å². The summed E-state index contributed by atoms with van der Waals surface area (Å²) in [6.45, 7) is 7.07. The molecule has 0 radical (unpaired) electrons. The highest BCUT2D eigenvalue weighted by atomic mass is 16.6. The summed E-state index contributed by atoms with van der Waals surface area (Å²) in [6, 6.07) is 8.39. The van der Waals surface area contributed by atoms with Crippen molar-refractivity contribution >= 4 is 28.6 Å². The van der Waals surface area contributed by atoms with Crippen LogP contribution in [0.3, 0.4) is 0 Å². The smallest absolute Gasteiger partial charge is 0.410 e. The third-order valence-corrected chi connectivity index (χ3v) is 6.12. The van der Waals surface area contributed by atoms with Crippen molar-refractivity contribution in [1.29, 1.82) is 0 Å². The predicted molar refractivity (Wildman–Crippen MR) is 129 cm³/mol. The Balaban J connectivity index is 1.49. The number of piperidine rings is 1. The van der Waals surface area contributed by atoms with Gasteiger partial charge >= 0.3 is 6.09 Å². The van der Waals surface area contributed by atoms with Crippen molar-refractivity contribution in [2.24, 2.45) is 7.05 Å². The van der Waals surface area contributed by atoms with Crippen LogP contribution in [-0.2, 0) is 11.8 Å². The number of carbonyl (C=O) groups is 1. The number of rotatable bonds is 4. The van der Waals surface area contributed by atoms with Gasteiger partial charge in [0.1, 0.15) is 22.7 Å². The molecule has 1 amide bonds. The zero-order chi connectivity index (χ0) is 23.8. The first-order valence-corrected chi connectivity index (χ1v) is 11.3. The van der Waals surface area contributed by atoms with Crippen LogP contribution < -0.4 is 9.64 Å². The second kappa shape index (κ2) is 8.92. The number of aryl methyl sites for hydroxylation is 1. The summed E-state index contributed by atoms with van der Waals surface area (Å²) in [5.41, 5.74) is 3.59. The molecule has 3 heterocycles. The fraction of sp³-hybridized carbons (Fsp3) is 0.480. The Bertz CT molecular complexity index is 1140. The Kier molecular flexibility index (Phi) is 6.19. The van der Waals surface area contributed by atoms with E-state index in [1.165, 1.54) is 5.56 Å². The number of hydrogen-bond donors (Lipinski definition) is 0. The Labute approximate surface area is 195 Å². The van der Waals surface area contributed by atoms with E-state index in [4.69, 9.17) is 9.47 Å². The highest BCUT2D eigenvalue weighted by Gasteiger charge is 2.28. The van der Waals surface area contributed by atoms with Crippen LogP contribution in [0.5, 0.6) is 5.75 Å². The summed E-state index contributed by atoms with van der Waals surface area (Å²) in [5, 5.41) is 0. The maximum Gasteiger partial charge on any atom is 0.410 e. The molecule has 2 aromatic heterocycles. The molecular formula is C25H33N5O3. The van der Waals surface area contributed by atoms with Gasteiger partial charge in [0, 0.05) is 33.3 Å². The number of anilines is 2. The van der Waals surface area contributed by atoms with E-state index in [1.807, 2.05) is 50.4 Å². The van der Waals surface area contributed by atoms with Crippen molar-refractivity contribution in [3.8, 4) is 5.75 Å². The summed E-state index contributed by atoms with van der Waals surface area (Å²) in [4.78, 5) is 25.1. The van der Waals surface area contributed by atoms with Gasteiger partial charge in [-0.2, -0.15) is 0 Å². The molecule has 1 aromatic carbocycles. The Morgan fingerprint density at radius 1 is 1.15 bits per heavy atom. The molecule has 4 rings (SSSR count). The fourth-order valence-corrected chi connectivity index (χ4v) is 4.27. The fourth-order valence-electron chi connectivity index (χ4n) is 4.27. The van der Waals surface area contributed by atoms with E-state index in [9.17, 15) is 4.79 Å². The van der Waals surface area contributed by atoms with Gasteiger partial charge in [0.25, 0.3) is 0 Å². The first kappa shape index (κ1) is 22.9. The van der Waals surface area contributed by atoms with Crippen LogP contribution in [-0.4, -0.2) is 58.4 Å². The molecule has 0 spiro atoms. The number of carbonyl (C=O) groups excluding carboxylic acids is 1. The van der Waals surface area contributed by atoms with Crippen molar-refractivity contribution < 1.29 is 14.3 Å². The van der Waals surface area contributed by atoms with Crippen molar-refractivity contribution in [1.82, 2.24) is 19.4 Å². The second-order valence-electron chi connectivity index (χ2n) is 9.62. The second-order valence-corrected chi connectivity index (χ2v) is 9.62. The average molecular weight is 452 g/mol. The monoisotopic (exact) mass is 451 g/mol. The summed E-state index contributed by atoms with van der Waals surface area (Å²) in [5.74, 6) is 2.00. The van der Waals surface area contributed by atoms with Gasteiger partial charge in [-0.25, -0.2) is 14.8 Å². The largest absolute Gasteiger partial charge is 0.495 e. The third kappa shape index (κ3) is 4.89. The number of likely N-dealkylation sites (tertiary alicyclic amines) is 1. The molecular weight excluding hydrogens is 418 g/mol. The Morgan fingerprint density at radius 3 is 2.55 bits per heavy atom. The number of methoxy groups -OCH3 is 1. The number of amides is 1. The quantitative estimate of drug-likeness (QED) is 0.564. The lowest BCUT2D eigenvalue weighted by molar-refractivity contribution is 0.0205. The van der Waals surface area contributed by atoms with Crippen LogP contribution in [0, 0.1) is 0 Å². The summed E-state index contributed by atoms with van der Waals surface area (Å²) < 4.78 is 13.3. The van der Waals surface area contributed by atoms with E-state index >= 15 is 0 Å². The number of pyridine rings is 1. The molecule has 1 fully saturated rings. The molecule has 1 aliphatic rings. The number of fused-ring (bicyclic) bond motifs is 1. The Morgan fingerprint density at radius 2 is 1.88 bits per heavy atom. The molecule has 0 aliphatic carbocycles. The molecule has 176 valence electrons. The van der Waals surface area contributed by atoms with Gasteiger partial charge in [0.2, 0.25) is 0 Å². The number of ether oxygens (including phenoxy) is 2. The third-order valence-electron chi connectivity index (χ3n) is 6.12. The summed E-state index contributed by atoms with van der Waals surface area (Å²) >= 11 is 0. The van der Waals surface area contributed by atoms with E-state index in [0.29, 0.717) is 19.0 Å². The average Bonchev–Trinajstić information content (AvgIpc) is 3.17. The zero-order valence-corrected chi connectivity index (χ0v) is 20.3. The van der Waals surface area contributed by atoms with E-state index in [2.05, 4.69) is 28.2 Å². The molecule has 0 N–H and O–H groups in total. The molecule has 0 bridgehead atoms. The molecule has 8 nitrogen and oxygen atoms in total. The van der Waals surface area contributed by atoms with E-state index in [-0.39, 0.29) is 6.09 Å². The first-order chi connectivity index (χ1) is 15.7. The molecule has 0 unspecified atom stereocenters. The molecule has 8 heteroatoms. The van der Waals surface area contributed by atoms with Gasteiger partial charge in [0.05, 0.1) is 30.8 Å². The van der Waals surface area contributed by atoms with Crippen LogP contribution in [0.1, 0.15) is 45.1 Å². The predicted octanol–water partition coefficient (Wildman–Crippen LogP) is 4.86. The number of aromatic nitrogens is 3. The van der Waals surface area contributed by atoms with Gasteiger partial charge in [-0.3, -0.25) is 0 Å². The topological polar surface area (TPSA) is 72.7 Å². The van der Waals surface area contributed by atoms with Crippen molar-refractivity contribution in [3.63, 3.8) is 0 Å². The lowest BCUT2D eigenvalue weighted by Crippen LogP contribution is -2.41. The molecule has 3 aromatic rings. The molecule has 1 aliphatic heterocycles. The maximum atomic E-state index is 12.4. The van der Waals surface area contributed by atoms with Gasteiger partial charge in [-0.1, -0.05) is 6.07 Å². The Hall–Kier alpha value is -3.29. The standard InChI is InChI=1S/C25H33N5O3/c1-25(2,3)33-24(31)30-11-9-17(10-12-30)18-7-8-20(22(13-18)32-6)29(5)23-14-21-19(15-26-23)27-16-28(21)4/h7-8,13-17H,9-12H2,1-6H3. The normalized spacial score (nSPS) is 15.0. The minimum Gasteiger partial charge on any atom is -0.495 e.